The quantitative estimate of drug-likeness (QED) is 0.143. The molecule has 0 heterocycles. The van der Waals surface area contributed by atoms with E-state index in [1.54, 1.807) is 12.1 Å². The molecule has 2 amide bonds. The highest BCUT2D eigenvalue weighted by Gasteiger charge is 2.20. The molecule has 0 spiro atoms. The molecule has 154 valence electrons. The van der Waals surface area contributed by atoms with Crippen LogP contribution in [0.5, 0.6) is 0 Å². The van der Waals surface area contributed by atoms with Crippen LogP contribution in [0.4, 0.5) is 0 Å². The number of hydrazine groups is 1. The summed E-state index contributed by atoms with van der Waals surface area (Å²) in [6, 6.07) is 4.63. The van der Waals surface area contributed by atoms with Crippen LogP contribution in [0.2, 0.25) is 10.0 Å². The van der Waals surface area contributed by atoms with Crippen molar-refractivity contribution in [1.29, 1.82) is 5.41 Å². The van der Waals surface area contributed by atoms with Gasteiger partial charge in [-0.15, -0.1) is 0 Å². The first-order chi connectivity index (χ1) is 13.2. The molecule has 11 heteroatoms. The lowest BCUT2D eigenvalue weighted by Crippen LogP contribution is -2.42. The largest absolute Gasteiger partial charge is 0.481 e. The van der Waals surface area contributed by atoms with Crippen LogP contribution < -0.4 is 21.9 Å². The molecule has 9 nitrogen and oxygen atoms in total. The van der Waals surface area contributed by atoms with E-state index in [2.05, 4.69) is 16.2 Å². The second-order valence-electron chi connectivity index (χ2n) is 6.10. The van der Waals surface area contributed by atoms with Crippen molar-refractivity contribution in [2.24, 2.45) is 5.73 Å². The third kappa shape index (κ3) is 9.98. The summed E-state index contributed by atoms with van der Waals surface area (Å²) >= 11 is 11.9. The molecule has 1 atom stereocenters. The zero-order chi connectivity index (χ0) is 21.1. The van der Waals surface area contributed by atoms with E-state index in [9.17, 15) is 14.4 Å². The molecule has 0 saturated heterocycles. The fourth-order valence-electron chi connectivity index (χ4n) is 2.44. The van der Waals surface area contributed by atoms with Crippen molar-refractivity contribution < 1.29 is 19.5 Å². The average Bonchev–Trinajstić information content (AvgIpc) is 2.57. The minimum atomic E-state index is -1.07. The third-order valence-electron chi connectivity index (χ3n) is 3.70. The summed E-state index contributed by atoms with van der Waals surface area (Å²) in [7, 11) is 0. The van der Waals surface area contributed by atoms with E-state index in [0.717, 1.165) is 0 Å². The zero-order valence-electron chi connectivity index (χ0n) is 15.1. The minimum absolute atomic E-state index is 0.131. The number of rotatable bonds is 10. The number of benzene rings is 1. The first-order valence-corrected chi connectivity index (χ1v) is 9.26. The molecule has 1 aromatic rings. The Labute approximate surface area is 172 Å². The highest BCUT2D eigenvalue weighted by Crippen LogP contribution is 2.29. The molecule has 0 fully saturated rings. The number of amides is 2. The number of unbranched alkanes of at least 4 members (excludes halogenated alkanes) is 1. The number of guanidine groups is 1. The molecule has 0 aliphatic heterocycles. The first kappa shape index (κ1) is 23.5. The number of carbonyl (C=O) groups is 3. The smallest absolute Gasteiger partial charge is 0.303 e. The zero-order valence-corrected chi connectivity index (χ0v) is 16.6. The lowest BCUT2D eigenvalue weighted by atomic mass is 9.92. The number of aliphatic carboxylic acids is 1. The second-order valence-corrected chi connectivity index (χ2v) is 6.97. The molecule has 0 aliphatic rings. The second kappa shape index (κ2) is 12.0. The Hall–Kier alpha value is -2.52. The lowest BCUT2D eigenvalue weighted by molar-refractivity contribution is -0.137. The molecule has 0 aliphatic carbocycles. The normalized spacial score (nSPS) is 11.4. The van der Waals surface area contributed by atoms with Crippen molar-refractivity contribution in [1.82, 2.24) is 16.2 Å². The van der Waals surface area contributed by atoms with E-state index in [0.29, 0.717) is 35.0 Å². The van der Waals surface area contributed by atoms with E-state index >= 15 is 0 Å². The van der Waals surface area contributed by atoms with Crippen molar-refractivity contribution in [2.75, 3.05) is 6.54 Å². The van der Waals surface area contributed by atoms with Gasteiger partial charge in [0.2, 0.25) is 11.8 Å². The highest BCUT2D eigenvalue weighted by atomic mass is 35.5. The van der Waals surface area contributed by atoms with Gasteiger partial charge in [-0.1, -0.05) is 23.2 Å². The lowest BCUT2D eigenvalue weighted by Gasteiger charge is -2.16. The molecule has 1 unspecified atom stereocenters. The van der Waals surface area contributed by atoms with Crippen molar-refractivity contribution >= 4 is 46.9 Å². The van der Waals surface area contributed by atoms with Gasteiger partial charge < -0.3 is 16.2 Å². The Morgan fingerprint density at radius 2 is 1.64 bits per heavy atom. The third-order valence-corrected chi connectivity index (χ3v) is 4.13. The molecule has 0 saturated carbocycles. The summed E-state index contributed by atoms with van der Waals surface area (Å²) in [4.78, 5) is 34.9. The number of carboxylic acids is 1. The van der Waals surface area contributed by atoms with Gasteiger partial charge >= 0.3 is 5.97 Å². The molecule has 0 radical (unpaired) electrons. The van der Waals surface area contributed by atoms with Gasteiger partial charge in [-0.3, -0.25) is 30.6 Å². The molecule has 28 heavy (non-hydrogen) atoms. The van der Waals surface area contributed by atoms with Crippen LogP contribution in [0, 0.1) is 5.41 Å². The van der Waals surface area contributed by atoms with Gasteiger partial charge in [0.25, 0.3) is 0 Å². The van der Waals surface area contributed by atoms with E-state index in [1.165, 1.54) is 6.07 Å². The molecule has 7 N–H and O–H groups in total. The summed E-state index contributed by atoms with van der Waals surface area (Å²) in [6.07, 6.45) is 0.914. The number of nitrogens with two attached hydrogens (primary N) is 1. The predicted molar refractivity (Wildman–Crippen MR) is 106 cm³/mol. The van der Waals surface area contributed by atoms with Gasteiger partial charge in [0, 0.05) is 35.3 Å². The fraction of sp³-hybridized carbons (Fsp3) is 0.412. The Bertz CT molecular complexity index is 709. The monoisotopic (exact) mass is 431 g/mol. The maximum absolute atomic E-state index is 12.1. The van der Waals surface area contributed by atoms with Crippen LogP contribution in [0.25, 0.3) is 0 Å². The number of hydrogen-bond acceptors (Lipinski definition) is 4. The maximum Gasteiger partial charge on any atom is 0.303 e. The van der Waals surface area contributed by atoms with Gasteiger partial charge in [0.15, 0.2) is 5.96 Å². The van der Waals surface area contributed by atoms with E-state index in [4.69, 9.17) is 39.5 Å². The van der Waals surface area contributed by atoms with Gasteiger partial charge in [-0.05, 0) is 36.6 Å². The van der Waals surface area contributed by atoms with Crippen molar-refractivity contribution in [3.8, 4) is 0 Å². The van der Waals surface area contributed by atoms with Crippen LogP contribution >= 0.6 is 23.2 Å². The van der Waals surface area contributed by atoms with Gasteiger partial charge in [0.1, 0.15) is 0 Å². The number of halogens is 2. The van der Waals surface area contributed by atoms with Crippen LogP contribution in [0.15, 0.2) is 18.2 Å². The van der Waals surface area contributed by atoms with Crippen LogP contribution in [0.3, 0.4) is 0 Å². The van der Waals surface area contributed by atoms with E-state index in [1.807, 2.05) is 0 Å². The summed E-state index contributed by atoms with van der Waals surface area (Å²) in [5, 5.41) is 19.4. The number of nitrogens with one attached hydrogen (secondary N) is 4. The maximum atomic E-state index is 12.1. The molecule has 0 bridgehead atoms. The highest BCUT2D eigenvalue weighted by molar-refractivity contribution is 6.34. The SMILES string of the molecule is N=C(N)NCCCCC(=O)NNC(=O)CC(CC(=O)O)c1cc(Cl)cc(Cl)c1. The first-order valence-electron chi connectivity index (χ1n) is 8.50. The Morgan fingerprint density at radius 3 is 2.21 bits per heavy atom. The van der Waals surface area contributed by atoms with Gasteiger partial charge in [-0.25, -0.2) is 0 Å². The Morgan fingerprint density at radius 1 is 1.04 bits per heavy atom. The Balaban J connectivity index is 2.49. The van der Waals surface area contributed by atoms with E-state index in [-0.39, 0.29) is 31.1 Å². The van der Waals surface area contributed by atoms with Crippen molar-refractivity contribution in [3.05, 3.63) is 33.8 Å². The molecule has 1 aromatic carbocycles. The molecular formula is C17H23Cl2N5O4. The van der Waals surface area contributed by atoms with Gasteiger partial charge in [0.05, 0.1) is 6.42 Å². The number of carbonyl (C=O) groups excluding carboxylic acids is 2. The topological polar surface area (TPSA) is 157 Å². The number of hydrogen-bond donors (Lipinski definition) is 6. The molecule has 0 aromatic heterocycles. The predicted octanol–water partition coefficient (Wildman–Crippen LogP) is 1.74. The van der Waals surface area contributed by atoms with Crippen molar-refractivity contribution in [3.63, 3.8) is 0 Å². The molecular weight excluding hydrogens is 409 g/mol. The van der Waals surface area contributed by atoms with Crippen LogP contribution in [-0.4, -0.2) is 35.4 Å². The van der Waals surface area contributed by atoms with Gasteiger partial charge in [-0.2, -0.15) is 0 Å². The summed E-state index contributed by atoms with van der Waals surface area (Å²) < 4.78 is 0. The molecule has 1 rings (SSSR count). The van der Waals surface area contributed by atoms with E-state index < -0.39 is 17.8 Å². The van der Waals surface area contributed by atoms with Crippen molar-refractivity contribution in [2.45, 2.75) is 38.0 Å². The summed E-state index contributed by atoms with van der Waals surface area (Å²) in [5.74, 6) is -2.76. The standard InChI is InChI=1S/C17H23Cl2N5O4/c18-12-5-10(6-13(19)9-12)11(8-16(27)28)7-15(26)24-23-14(25)3-1-2-4-22-17(20)21/h5-6,9,11H,1-4,7-8H2,(H,23,25)(H,24,26)(H,27,28)(H4,20,21,22). The minimum Gasteiger partial charge on any atom is -0.481 e. The van der Waals surface area contributed by atoms with Crippen LogP contribution in [-0.2, 0) is 14.4 Å². The van der Waals surface area contributed by atoms with Crippen LogP contribution in [0.1, 0.15) is 43.6 Å². The fourth-order valence-corrected chi connectivity index (χ4v) is 2.98. The summed E-state index contributed by atoms with van der Waals surface area (Å²) in [6.45, 7) is 0.480. The Kier molecular flexibility index (Phi) is 10.1. The number of carboxylic acid groups (broad SMARTS) is 1. The summed E-state index contributed by atoms with van der Waals surface area (Å²) in [5.41, 5.74) is 10.2. The average molecular weight is 432 g/mol.